The van der Waals surface area contributed by atoms with E-state index in [1.165, 1.54) is 37.2 Å². The number of benzene rings is 1. The van der Waals surface area contributed by atoms with Crippen molar-refractivity contribution >= 4 is 5.69 Å². The first-order valence-electron chi connectivity index (χ1n) is 6.89. The van der Waals surface area contributed by atoms with Gasteiger partial charge in [0.15, 0.2) is 0 Å². The maximum atomic E-state index is 5.54. The first kappa shape index (κ1) is 11.1. The largest absolute Gasteiger partial charge is 0.371 e. The molecule has 0 atom stereocenters. The highest BCUT2D eigenvalue weighted by Crippen LogP contribution is 2.40. The summed E-state index contributed by atoms with van der Waals surface area (Å²) in [6, 6.07) is 9.11. The molecule has 2 N–H and O–H groups in total. The Kier molecular flexibility index (Phi) is 3.06. The number of anilines is 1. The third-order valence-electron chi connectivity index (χ3n) is 4.26. The Morgan fingerprint density at radius 3 is 2.29 bits per heavy atom. The zero-order valence-electron chi connectivity index (χ0n) is 10.4. The summed E-state index contributed by atoms with van der Waals surface area (Å²) in [5.74, 6) is 1.95. The number of nitrogens with two attached hydrogens (primary N) is 1. The van der Waals surface area contributed by atoms with Crippen LogP contribution in [0.25, 0.3) is 0 Å². The van der Waals surface area contributed by atoms with Gasteiger partial charge in [0.25, 0.3) is 0 Å². The standard InChI is InChI=1S/C15H22N2/c16-7-1-2-12-3-5-15(6-4-12)17-10-13-8-14(9-13)11-17/h3-6,13-14H,1-2,7-11,16H2. The Labute approximate surface area is 104 Å². The van der Waals surface area contributed by atoms with Crippen LogP contribution in [0.2, 0.25) is 0 Å². The SMILES string of the molecule is NCCCc1ccc(N2CC3CC(C3)C2)cc1. The zero-order chi connectivity index (χ0) is 11.7. The predicted molar refractivity (Wildman–Crippen MR) is 72.2 cm³/mol. The molecule has 92 valence electrons. The summed E-state index contributed by atoms with van der Waals surface area (Å²) in [4.78, 5) is 2.56. The molecule has 1 saturated carbocycles. The van der Waals surface area contributed by atoms with Crippen molar-refractivity contribution in [1.29, 1.82) is 0 Å². The first-order valence-corrected chi connectivity index (χ1v) is 6.89. The molecule has 1 aromatic rings. The Bertz CT molecular complexity index is 355. The summed E-state index contributed by atoms with van der Waals surface area (Å²) >= 11 is 0. The van der Waals surface area contributed by atoms with Crippen molar-refractivity contribution in [2.45, 2.75) is 25.7 Å². The minimum Gasteiger partial charge on any atom is -0.371 e. The molecule has 0 radical (unpaired) electrons. The molecule has 4 rings (SSSR count). The summed E-state index contributed by atoms with van der Waals surface area (Å²) in [7, 11) is 0. The average Bonchev–Trinajstić information content (AvgIpc) is 2.36. The van der Waals surface area contributed by atoms with Crippen LogP contribution in [-0.4, -0.2) is 19.6 Å². The number of rotatable bonds is 4. The molecule has 0 spiro atoms. The number of piperidine rings is 2. The Hall–Kier alpha value is -1.02. The van der Waals surface area contributed by atoms with Crippen LogP contribution in [0.15, 0.2) is 24.3 Å². The van der Waals surface area contributed by atoms with E-state index in [0.717, 1.165) is 31.2 Å². The topological polar surface area (TPSA) is 29.3 Å². The molecule has 0 amide bonds. The van der Waals surface area contributed by atoms with Crippen LogP contribution in [0.3, 0.4) is 0 Å². The van der Waals surface area contributed by atoms with Gasteiger partial charge in [-0.25, -0.2) is 0 Å². The fourth-order valence-corrected chi connectivity index (χ4v) is 3.26. The van der Waals surface area contributed by atoms with Gasteiger partial charge in [0.05, 0.1) is 0 Å². The van der Waals surface area contributed by atoms with Crippen molar-refractivity contribution in [2.75, 3.05) is 24.5 Å². The van der Waals surface area contributed by atoms with Gasteiger partial charge in [0.2, 0.25) is 0 Å². The molecule has 3 fully saturated rings. The van der Waals surface area contributed by atoms with Crippen molar-refractivity contribution < 1.29 is 0 Å². The smallest absolute Gasteiger partial charge is 0.0366 e. The van der Waals surface area contributed by atoms with E-state index in [2.05, 4.69) is 29.2 Å². The number of fused-ring (bicyclic) bond motifs is 2. The summed E-state index contributed by atoms with van der Waals surface area (Å²) in [6.45, 7) is 3.34. The maximum Gasteiger partial charge on any atom is 0.0366 e. The molecule has 2 nitrogen and oxygen atoms in total. The molecular formula is C15H22N2. The van der Waals surface area contributed by atoms with Gasteiger partial charge in [-0.2, -0.15) is 0 Å². The van der Waals surface area contributed by atoms with Gasteiger partial charge in [0, 0.05) is 18.8 Å². The molecule has 17 heavy (non-hydrogen) atoms. The molecule has 2 heterocycles. The first-order chi connectivity index (χ1) is 8.35. The molecule has 2 heteroatoms. The highest BCUT2D eigenvalue weighted by Gasteiger charge is 2.36. The highest BCUT2D eigenvalue weighted by atomic mass is 15.2. The molecule has 1 aromatic carbocycles. The van der Waals surface area contributed by atoms with E-state index in [1.54, 1.807) is 0 Å². The predicted octanol–water partition coefficient (Wildman–Crippen LogP) is 2.42. The lowest BCUT2D eigenvalue weighted by molar-refractivity contribution is 0.159. The second kappa shape index (κ2) is 4.69. The maximum absolute atomic E-state index is 5.54. The highest BCUT2D eigenvalue weighted by molar-refractivity contribution is 5.48. The molecule has 0 unspecified atom stereocenters. The lowest BCUT2D eigenvalue weighted by atomic mass is 9.71. The van der Waals surface area contributed by atoms with Crippen LogP contribution in [0.1, 0.15) is 24.8 Å². The second-order valence-electron chi connectivity index (χ2n) is 5.67. The lowest BCUT2D eigenvalue weighted by Gasteiger charge is -2.48. The second-order valence-corrected chi connectivity index (χ2v) is 5.67. The van der Waals surface area contributed by atoms with E-state index >= 15 is 0 Å². The Morgan fingerprint density at radius 1 is 1.06 bits per heavy atom. The van der Waals surface area contributed by atoms with Crippen molar-refractivity contribution in [1.82, 2.24) is 0 Å². The van der Waals surface area contributed by atoms with Crippen molar-refractivity contribution in [2.24, 2.45) is 17.6 Å². The minimum absolute atomic E-state index is 0.789. The van der Waals surface area contributed by atoms with Gasteiger partial charge < -0.3 is 10.6 Å². The van der Waals surface area contributed by atoms with Crippen molar-refractivity contribution in [3.05, 3.63) is 29.8 Å². The van der Waals surface area contributed by atoms with Crippen molar-refractivity contribution in [3.63, 3.8) is 0 Å². The van der Waals surface area contributed by atoms with Gasteiger partial charge in [-0.05, 0) is 61.8 Å². The summed E-state index contributed by atoms with van der Waals surface area (Å²) < 4.78 is 0. The van der Waals surface area contributed by atoms with Crippen LogP contribution < -0.4 is 10.6 Å². The van der Waals surface area contributed by atoms with E-state index in [-0.39, 0.29) is 0 Å². The number of hydrogen-bond acceptors (Lipinski definition) is 2. The number of hydrogen-bond donors (Lipinski definition) is 1. The Morgan fingerprint density at radius 2 is 1.71 bits per heavy atom. The third-order valence-corrected chi connectivity index (χ3v) is 4.26. The third kappa shape index (κ3) is 2.32. The van der Waals surface area contributed by atoms with Gasteiger partial charge in [-0.3, -0.25) is 0 Å². The normalized spacial score (nSPS) is 26.8. The molecular weight excluding hydrogens is 208 g/mol. The van der Waals surface area contributed by atoms with Crippen LogP contribution in [0.4, 0.5) is 5.69 Å². The van der Waals surface area contributed by atoms with Gasteiger partial charge >= 0.3 is 0 Å². The zero-order valence-corrected chi connectivity index (χ0v) is 10.4. The van der Waals surface area contributed by atoms with Crippen LogP contribution >= 0.6 is 0 Å². The monoisotopic (exact) mass is 230 g/mol. The van der Waals surface area contributed by atoms with E-state index in [1.807, 2.05) is 0 Å². The minimum atomic E-state index is 0.789. The molecule has 2 bridgehead atoms. The Balaban J connectivity index is 1.63. The lowest BCUT2D eigenvalue weighted by Crippen LogP contribution is -2.48. The molecule has 0 aromatic heterocycles. The fraction of sp³-hybridized carbons (Fsp3) is 0.600. The summed E-state index contributed by atoms with van der Waals surface area (Å²) in [5.41, 5.74) is 8.37. The number of aryl methyl sites for hydroxylation is 1. The van der Waals surface area contributed by atoms with Crippen LogP contribution in [0.5, 0.6) is 0 Å². The van der Waals surface area contributed by atoms with Crippen LogP contribution in [0, 0.1) is 11.8 Å². The van der Waals surface area contributed by atoms with Gasteiger partial charge in [0.1, 0.15) is 0 Å². The molecule has 1 aliphatic carbocycles. The van der Waals surface area contributed by atoms with Crippen molar-refractivity contribution in [3.8, 4) is 0 Å². The van der Waals surface area contributed by atoms with Gasteiger partial charge in [-0.1, -0.05) is 12.1 Å². The van der Waals surface area contributed by atoms with E-state index in [4.69, 9.17) is 5.73 Å². The van der Waals surface area contributed by atoms with E-state index in [9.17, 15) is 0 Å². The van der Waals surface area contributed by atoms with Crippen LogP contribution in [-0.2, 0) is 6.42 Å². The van der Waals surface area contributed by atoms with E-state index < -0.39 is 0 Å². The van der Waals surface area contributed by atoms with Gasteiger partial charge in [-0.15, -0.1) is 0 Å². The fourth-order valence-electron chi connectivity index (χ4n) is 3.26. The summed E-state index contributed by atoms with van der Waals surface area (Å²) in [6.07, 6.45) is 5.16. The molecule has 2 saturated heterocycles. The molecule has 2 aliphatic heterocycles. The van der Waals surface area contributed by atoms with E-state index in [0.29, 0.717) is 0 Å². The number of nitrogens with zero attached hydrogens (tertiary/aromatic N) is 1. The molecule has 3 aliphatic rings. The summed E-state index contributed by atoms with van der Waals surface area (Å²) in [5, 5.41) is 0. The quantitative estimate of drug-likeness (QED) is 0.860. The average molecular weight is 230 g/mol.